The highest BCUT2D eigenvalue weighted by molar-refractivity contribution is 7.93. The molecule has 1 fully saturated rings. The summed E-state index contributed by atoms with van der Waals surface area (Å²) in [5, 5.41) is -0.146. The molecule has 5 heteroatoms. The number of sulfone groups is 1. The molecular weight excluding hydrogens is 222 g/mol. The molecule has 1 heterocycles. The molecule has 0 saturated carbocycles. The van der Waals surface area contributed by atoms with Crippen LogP contribution in [0.3, 0.4) is 0 Å². The molecule has 1 aromatic carbocycles. The number of rotatable bonds is 1. The Morgan fingerprint density at radius 1 is 1.36 bits per heavy atom. The van der Waals surface area contributed by atoms with Crippen LogP contribution in [0.1, 0.15) is 10.8 Å². The summed E-state index contributed by atoms with van der Waals surface area (Å²) in [4.78, 5) is 0. The van der Waals surface area contributed by atoms with Crippen LogP contribution in [0.5, 0.6) is 0 Å². The van der Waals surface area contributed by atoms with Gasteiger partial charge in [-0.2, -0.15) is 0 Å². The van der Waals surface area contributed by atoms with E-state index in [2.05, 4.69) is 0 Å². The minimum Gasteiger partial charge on any atom is -0.325 e. The van der Waals surface area contributed by atoms with Crippen LogP contribution in [0.2, 0.25) is 5.02 Å². The topological polar surface area (TPSA) is 60.2 Å². The van der Waals surface area contributed by atoms with Crippen LogP contribution in [0, 0.1) is 0 Å². The fourth-order valence-electron chi connectivity index (χ4n) is 1.73. The third kappa shape index (κ3) is 1.43. The fourth-order valence-corrected chi connectivity index (χ4v) is 3.85. The first-order chi connectivity index (χ1) is 6.52. The summed E-state index contributed by atoms with van der Waals surface area (Å²) < 4.78 is 22.9. The van der Waals surface area contributed by atoms with Crippen molar-refractivity contribution in [2.24, 2.45) is 5.73 Å². The summed E-state index contributed by atoms with van der Waals surface area (Å²) in [6, 6.07) is 6.60. The summed E-state index contributed by atoms with van der Waals surface area (Å²) in [7, 11) is -3.06. The van der Waals surface area contributed by atoms with Gasteiger partial charge in [-0.15, -0.1) is 0 Å². The molecule has 0 amide bonds. The molecule has 2 atom stereocenters. The lowest BCUT2D eigenvalue weighted by atomic mass is 10.1. The summed E-state index contributed by atoms with van der Waals surface area (Å²) in [5.74, 6) is 0.0584. The van der Waals surface area contributed by atoms with Crippen molar-refractivity contribution >= 4 is 21.4 Å². The molecule has 2 rings (SSSR count). The molecule has 1 saturated heterocycles. The Morgan fingerprint density at radius 2 is 2.00 bits per heavy atom. The van der Waals surface area contributed by atoms with Gasteiger partial charge in [-0.25, -0.2) is 8.42 Å². The average Bonchev–Trinajstić information content (AvgIpc) is 2.07. The maximum absolute atomic E-state index is 11.4. The van der Waals surface area contributed by atoms with Crippen molar-refractivity contribution in [1.82, 2.24) is 0 Å². The Balaban J connectivity index is 2.46. The van der Waals surface area contributed by atoms with Gasteiger partial charge < -0.3 is 5.73 Å². The SMILES string of the molecule is NC1CS(=O)(=O)C1c1ccccc1Cl. The number of halogens is 1. The van der Waals surface area contributed by atoms with Gasteiger partial charge in [0.25, 0.3) is 0 Å². The van der Waals surface area contributed by atoms with Gasteiger partial charge in [0.05, 0.1) is 5.75 Å². The highest BCUT2D eigenvalue weighted by Crippen LogP contribution is 2.38. The van der Waals surface area contributed by atoms with Crippen molar-refractivity contribution in [3.8, 4) is 0 Å². The van der Waals surface area contributed by atoms with Gasteiger partial charge in [-0.1, -0.05) is 29.8 Å². The van der Waals surface area contributed by atoms with Crippen molar-refractivity contribution in [2.45, 2.75) is 11.3 Å². The number of hydrogen-bond donors (Lipinski definition) is 1. The minimum atomic E-state index is -3.06. The van der Waals surface area contributed by atoms with E-state index in [1.165, 1.54) is 0 Å². The first-order valence-electron chi connectivity index (χ1n) is 4.24. The molecule has 1 aromatic rings. The van der Waals surface area contributed by atoms with E-state index in [-0.39, 0.29) is 11.8 Å². The van der Waals surface area contributed by atoms with Crippen LogP contribution >= 0.6 is 11.6 Å². The Hall–Kier alpha value is -0.580. The first-order valence-corrected chi connectivity index (χ1v) is 6.33. The first kappa shape index (κ1) is 9.96. The minimum absolute atomic E-state index is 0.0584. The third-order valence-corrected chi connectivity index (χ3v) is 4.98. The monoisotopic (exact) mass is 231 g/mol. The lowest BCUT2D eigenvalue weighted by molar-refractivity contribution is 0.523. The van der Waals surface area contributed by atoms with E-state index >= 15 is 0 Å². The average molecular weight is 232 g/mol. The number of benzene rings is 1. The zero-order chi connectivity index (χ0) is 10.3. The fraction of sp³-hybridized carbons (Fsp3) is 0.333. The molecule has 14 heavy (non-hydrogen) atoms. The molecule has 1 aliphatic heterocycles. The van der Waals surface area contributed by atoms with E-state index in [0.29, 0.717) is 10.6 Å². The Labute approximate surface area is 87.8 Å². The largest absolute Gasteiger partial charge is 0.325 e. The van der Waals surface area contributed by atoms with Crippen LogP contribution in [0.25, 0.3) is 0 Å². The molecule has 0 aromatic heterocycles. The summed E-state index contributed by atoms with van der Waals surface area (Å²) >= 11 is 5.90. The van der Waals surface area contributed by atoms with Crippen LogP contribution in [0.4, 0.5) is 0 Å². The molecule has 0 aliphatic carbocycles. The molecule has 2 unspecified atom stereocenters. The van der Waals surface area contributed by atoms with E-state index in [1.54, 1.807) is 24.3 Å². The summed E-state index contributed by atoms with van der Waals surface area (Å²) in [6.07, 6.45) is 0. The molecule has 0 radical (unpaired) electrons. The van der Waals surface area contributed by atoms with Gasteiger partial charge in [-0.05, 0) is 11.6 Å². The lowest BCUT2D eigenvalue weighted by Crippen LogP contribution is -2.50. The molecule has 76 valence electrons. The quantitative estimate of drug-likeness (QED) is 0.789. The van der Waals surface area contributed by atoms with Gasteiger partial charge in [0.1, 0.15) is 5.25 Å². The van der Waals surface area contributed by atoms with Crippen molar-refractivity contribution < 1.29 is 8.42 Å². The predicted molar refractivity (Wildman–Crippen MR) is 56.0 cm³/mol. The normalized spacial score (nSPS) is 29.6. The van der Waals surface area contributed by atoms with Crippen LogP contribution in [0.15, 0.2) is 24.3 Å². The molecular formula is C9H10ClNO2S. The standard InChI is InChI=1S/C9H10ClNO2S/c10-7-4-2-1-3-6(7)9-8(11)5-14(9,12)13/h1-4,8-9H,5,11H2. The van der Waals surface area contributed by atoms with Crippen LogP contribution in [-0.2, 0) is 9.84 Å². The van der Waals surface area contributed by atoms with Gasteiger partial charge in [-0.3, -0.25) is 0 Å². The highest BCUT2D eigenvalue weighted by atomic mass is 35.5. The van der Waals surface area contributed by atoms with Gasteiger partial charge >= 0.3 is 0 Å². The van der Waals surface area contributed by atoms with Crippen LogP contribution < -0.4 is 5.73 Å². The Morgan fingerprint density at radius 3 is 2.50 bits per heavy atom. The zero-order valence-electron chi connectivity index (χ0n) is 7.35. The lowest BCUT2D eigenvalue weighted by Gasteiger charge is -2.33. The smallest absolute Gasteiger partial charge is 0.160 e. The second-order valence-corrected chi connectivity index (χ2v) is 6.01. The van der Waals surface area contributed by atoms with Gasteiger partial charge in [0, 0.05) is 11.1 Å². The molecule has 2 N–H and O–H groups in total. The van der Waals surface area contributed by atoms with Crippen molar-refractivity contribution in [2.75, 3.05) is 5.75 Å². The van der Waals surface area contributed by atoms with Crippen molar-refractivity contribution in [3.05, 3.63) is 34.9 Å². The van der Waals surface area contributed by atoms with E-state index < -0.39 is 15.1 Å². The van der Waals surface area contributed by atoms with Crippen molar-refractivity contribution in [1.29, 1.82) is 0 Å². The number of hydrogen-bond acceptors (Lipinski definition) is 3. The predicted octanol–water partition coefficient (Wildman–Crippen LogP) is 1.14. The molecule has 3 nitrogen and oxygen atoms in total. The maximum atomic E-state index is 11.4. The summed E-state index contributed by atoms with van der Waals surface area (Å²) in [6.45, 7) is 0. The number of nitrogens with two attached hydrogens (primary N) is 1. The Bertz CT molecular complexity index is 458. The van der Waals surface area contributed by atoms with Crippen LogP contribution in [-0.4, -0.2) is 20.2 Å². The third-order valence-electron chi connectivity index (χ3n) is 2.41. The van der Waals surface area contributed by atoms with Gasteiger partial charge in [0.2, 0.25) is 0 Å². The van der Waals surface area contributed by atoms with E-state index in [9.17, 15) is 8.42 Å². The maximum Gasteiger partial charge on any atom is 0.160 e. The second-order valence-electron chi connectivity index (χ2n) is 3.44. The molecule has 0 bridgehead atoms. The second kappa shape index (κ2) is 3.22. The van der Waals surface area contributed by atoms with Gasteiger partial charge in [0.15, 0.2) is 9.84 Å². The van der Waals surface area contributed by atoms with Crippen molar-refractivity contribution in [3.63, 3.8) is 0 Å². The Kier molecular flexibility index (Phi) is 2.29. The van der Waals surface area contributed by atoms with E-state index in [4.69, 9.17) is 17.3 Å². The van der Waals surface area contributed by atoms with E-state index in [0.717, 1.165) is 0 Å². The van der Waals surface area contributed by atoms with E-state index in [1.807, 2.05) is 0 Å². The zero-order valence-corrected chi connectivity index (χ0v) is 8.92. The molecule has 0 spiro atoms. The highest BCUT2D eigenvalue weighted by Gasteiger charge is 2.45. The molecule has 1 aliphatic rings. The summed E-state index contributed by atoms with van der Waals surface area (Å²) in [5.41, 5.74) is 6.28.